The number of hydrogen-bond donors (Lipinski definition) is 2. The molecule has 0 aliphatic heterocycles. The molecule has 1 atom stereocenters. The Balaban J connectivity index is 4.13. The lowest BCUT2D eigenvalue weighted by Gasteiger charge is -2.19. The Labute approximate surface area is 98.2 Å². The maximum atomic E-state index is 11.6. The quantitative estimate of drug-likeness (QED) is 0.654. The maximum Gasteiger partial charge on any atom is 0.214 e. The summed E-state index contributed by atoms with van der Waals surface area (Å²) in [7, 11) is -3.37. The van der Waals surface area contributed by atoms with Gasteiger partial charge in [0.2, 0.25) is 10.0 Å². The molecule has 0 aliphatic rings. The van der Waals surface area contributed by atoms with Crippen LogP contribution < -0.4 is 4.72 Å². The molecule has 0 aromatic heterocycles. The molecule has 0 bridgehead atoms. The van der Waals surface area contributed by atoms with Crippen LogP contribution >= 0.6 is 0 Å². The third-order valence-electron chi connectivity index (χ3n) is 2.14. The fourth-order valence-corrected chi connectivity index (χ4v) is 2.31. The molecule has 0 aromatic rings. The second-order valence-corrected chi connectivity index (χ2v) is 6.26. The minimum atomic E-state index is -3.37. The van der Waals surface area contributed by atoms with Crippen LogP contribution in [0.25, 0.3) is 0 Å². The topological polar surface area (TPSA) is 75.6 Å². The van der Waals surface area contributed by atoms with Crippen LogP contribution in [0.5, 0.6) is 0 Å². The molecule has 0 aliphatic carbocycles. The Hall–Kier alpha value is -0.170. The van der Waals surface area contributed by atoms with Gasteiger partial charge in [0.25, 0.3) is 0 Å². The predicted octanol–water partition coefficient (Wildman–Crippen LogP) is 0.348. The second kappa shape index (κ2) is 7.21. The number of sulfonamides is 1. The van der Waals surface area contributed by atoms with Crippen molar-refractivity contribution >= 4 is 10.0 Å². The molecule has 5 nitrogen and oxygen atoms in total. The van der Waals surface area contributed by atoms with Crippen molar-refractivity contribution in [1.29, 1.82) is 0 Å². The van der Waals surface area contributed by atoms with E-state index in [0.717, 1.165) is 0 Å². The summed E-state index contributed by atoms with van der Waals surface area (Å²) in [6.07, 6.45) is 0.0222. The highest BCUT2D eigenvalue weighted by Crippen LogP contribution is 2.02. The Kier molecular flexibility index (Phi) is 7.14. The molecule has 0 heterocycles. The SMILES string of the molecule is CC(C)OCCS(=O)(=O)NC(CO)C(C)C. The molecule has 0 fully saturated rings. The standard InChI is InChI=1S/C10H23NO4S/c1-8(2)10(7-12)11-16(13,14)6-5-15-9(3)4/h8-12H,5-7H2,1-4H3. The van der Waals surface area contributed by atoms with Gasteiger partial charge in [-0.3, -0.25) is 0 Å². The van der Waals surface area contributed by atoms with Gasteiger partial charge in [0.05, 0.1) is 25.1 Å². The van der Waals surface area contributed by atoms with Gasteiger partial charge in [0.1, 0.15) is 0 Å². The van der Waals surface area contributed by atoms with Gasteiger partial charge in [0.15, 0.2) is 0 Å². The normalized spacial score (nSPS) is 14.7. The molecular formula is C10H23NO4S. The summed E-state index contributed by atoms with van der Waals surface area (Å²) >= 11 is 0. The Morgan fingerprint density at radius 1 is 1.25 bits per heavy atom. The van der Waals surface area contributed by atoms with E-state index in [1.165, 1.54) is 0 Å². The van der Waals surface area contributed by atoms with E-state index in [4.69, 9.17) is 9.84 Å². The average molecular weight is 253 g/mol. The molecule has 1 unspecified atom stereocenters. The summed E-state index contributed by atoms with van der Waals surface area (Å²) in [6, 6.07) is -0.427. The largest absolute Gasteiger partial charge is 0.395 e. The number of ether oxygens (including phenoxy) is 1. The van der Waals surface area contributed by atoms with E-state index in [1.54, 1.807) is 0 Å². The Morgan fingerprint density at radius 2 is 1.81 bits per heavy atom. The first-order chi connectivity index (χ1) is 7.28. The number of rotatable bonds is 8. The molecule has 0 saturated heterocycles. The number of aliphatic hydroxyl groups is 1. The first kappa shape index (κ1) is 15.8. The fourth-order valence-electron chi connectivity index (χ4n) is 1.07. The summed E-state index contributed by atoms with van der Waals surface area (Å²) in [5, 5.41) is 9.02. The van der Waals surface area contributed by atoms with Crippen molar-refractivity contribution in [3.05, 3.63) is 0 Å². The fraction of sp³-hybridized carbons (Fsp3) is 1.00. The molecule has 0 saturated carbocycles. The van der Waals surface area contributed by atoms with E-state index in [2.05, 4.69) is 4.72 Å². The number of hydrogen-bond acceptors (Lipinski definition) is 4. The van der Waals surface area contributed by atoms with Gasteiger partial charge in [-0.25, -0.2) is 13.1 Å². The van der Waals surface area contributed by atoms with Crippen molar-refractivity contribution in [2.24, 2.45) is 5.92 Å². The van der Waals surface area contributed by atoms with E-state index in [-0.39, 0.29) is 31.0 Å². The van der Waals surface area contributed by atoms with Crippen LogP contribution in [-0.4, -0.2) is 44.6 Å². The van der Waals surface area contributed by atoms with Crippen molar-refractivity contribution in [2.45, 2.75) is 39.8 Å². The van der Waals surface area contributed by atoms with Crippen molar-refractivity contribution in [1.82, 2.24) is 4.72 Å². The lowest BCUT2D eigenvalue weighted by atomic mass is 10.1. The zero-order valence-electron chi connectivity index (χ0n) is 10.4. The highest BCUT2D eigenvalue weighted by atomic mass is 32.2. The van der Waals surface area contributed by atoms with Crippen LogP contribution in [0.3, 0.4) is 0 Å². The van der Waals surface area contributed by atoms with Gasteiger partial charge in [-0.15, -0.1) is 0 Å². The van der Waals surface area contributed by atoms with E-state index < -0.39 is 16.1 Å². The molecule has 0 spiro atoms. The summed E-state index contributed by atoms with van der Waals surface area (Å²) in [6.45, 7) is 7.39. The Bertz CT molecular complexity index is 275. The minimum Gasteiger partial charge on any atom is -0.395 e. The van der Waals surface area contributed by atoms with E-state index in [1.807, 2.05) is 27.7 Å². The zero-order valence-corrected chi connectivity index (χ0v) is 11.3. The minimum absolute atomic E-state index is 0.0222. The molecular weight excluding hydrogens is 230 g/mol. The van der Waals surface area contributed by atoms with Crippen LogP contribution in [0.4, 0.5) is 0 Å². The molecule has 0 rings (SSSR count). The first-order valence-electron chi connectivity index (χ1n) is 5.51. The molecule has 6 heteroatoms. The smallest absolute Gasteiger partial charge is 0.214 e. The molecule has 98 valence electrons. The number of nitrogens with one attached hydrogen (secondary N) is 1. The zero-order chi connectivity index (χ0) is 12.8. The highest BCUT2D eigenvalue weighted by Gasteiger charge is 2.19. The molecule has 0 radical (unpaired) electrons. The van der Waals surface area contributed by atoms with Crippen LogP contribution in [0, 0.1) is 5.92 Å². The van der Waals surface area contributed by atoms with Gasteiger partial charge >= 0.3 is 0 Å². The molecule has 0 amide bonds. The van der Waals surface area contributed by atoms with Crippen LogP contribution in [0.15, 0.2) is 0 Å². The van der Waals surface area contributed by atoms with Crippen LogP contribution in [0.1, 0.15) is 27.7 Å². The third kappa shape index (κ3) is 7.16. The van der Waals surface area contributed by atoms with Crippen molar-refractivity contribution in [2.75, 3.05) is 19.0 Å². The first-order valence-corrected chi connectivity index (χ1v) is 7.16. The summed E-state index contributed by atoms with van der Waals surface area (Å²) < 4.78 is 30.8. The van der Waals surface area contributed by atoms with Gasteiger partial charge < -0.3 is 9.84 Å². The van der Waals surface area contributed by atoms with E-state index in [0.29, 0.717) is 0 Å². The van der Waals surface area contributed by atoms with Gasteiger partial charge in [0, 0.05) is 6.04 Å². The summed E-state index contributed by atoms with van der Waals surface area (Å²) in [4.78, 5) is 0. The summed E-state index contributed by atoms with van der Waals surface area (Å²) in [5.74, 6) is -0.0141. The van der Waals surface area contributed by atoms with Crippen molar-refractivity contribution < 1.29 is 18.3 Å². The number of aliphatic hydroxyl groups excluding tert-OH is 1. The summed E-state index contributed by atoms with van der Waals surface area (Å²) in [5.41, 5.74) is 0. The lowest BCUT2D eigenvalue weighted by Crippen LogP contribution is -2.42. The highest BCUT2D eigenvalue weighted by molar-refractivity contribution is 7.89. The van der Waals surface area contributed by atoms with E-state index in [9.17, 15) is 8.42 Å². The van der Waals surface area contributed by atoms with Gasteiger partial charge in [-0.05, 0) is 19.8 Å². The van der Waals surface area contributed by atoms with Gasteiger partial charge in [-0.1, -0.05) is 13.8 Å². The maximum absolute atomic E-state index is 11.6. The van der Waals surface area contributed by atoms with Gasteiger partial charge in [-0.2, -0.15) is 0 Å². The second-order valence-electron chi connectivity index (χ2n) is 4.39. The predicted molar refractivity (Wildman–Crippen MR) is 63.7 cm³/mol. The van der Waals surface area contributed by atoms with Crippen molar-refractivity contribution in [3.8, 4) is 0 Å². The van der Waals surface area contributed by atoms with Crippen LogP contribution in [0.2, 0.25) is 0 Å². The van der Waals surface area contributed by atoms with E-state index >= 15 is 0 Å². The monoisotopic (exact) mass is 253 g/mol. The molecule has 2 N–H and O–H groups in total. The van der Waals surface area contributed by atoms with Crippen LogP contribution in [-0.2, 0) is 14.8 Å². The molecule has 16 heavy (non-hydrogen) atoms. The molecule has 0 aromatic carbocycles. The lowest BCUT2D eigenvalue weighted by molar-refractivity contribution is 0.0910. The third-order valence-corrected chi connectivity index (χ3v) is 3.50. The Morgan fingerprint density at radius 3 is 2.19 bits per heavy atom. The average Bonchev–Trinajstić information content (AvgIpc) is 2.12. The van der Waals surface area contributed by atoms with Crippen molar-refractivity contribution in [3.63, 3.8) is 0 Å².